The number of hydrogen-bond acceptors (Lipinski definition) is 2. The van der Waals surface area contributed by atoms with Crippen molar-refractivity contribution in [2.45, 2.75) is 49.7 Å². The maximum atomic E-state index is 9.16. The molecule has 0 heterocycles. The van der Waals surface area contributed by atoms with Crippen molar-refractivity contribution < 1.29 is 0 Å². The number of benzene rings is 1. The molecule has 2 rings (SSSR count). The highest BCUT2D eigenvalue weighted by Crippen LogP contribution is 2.38. The summed E-state index contributed by atoms with van der Waals surface area (Å²) in [7, 11) is 0. The minimum Gasteiger partial charge on any atom is -0.192 e. The van der Waals surface area contributed by atoms with Crippen LogP contribution in [0.2, 0.25) is 0 Å². The second-order valence-electron chi connectivity index (χ2n) is 5.08. The number of hydrogen-bond donors (Lipinski definition) is 0. The second kappa shape index (κ2) is 5.60. The predicted molar refractivity (Wildman–Crippen MR) is 73.2 cm³/mol. The van der Waals surface area contributed by atoms with E-state index < -0.39 is 0 Å². The van der Waals surface area contributed by atoms with Crippen molar-refractivity contribution in [3.8, 4) is 6.07 Å². The third kappa shape index (κ3) is 3.04. The lowest BCUT2D eigenvalue weighted by atomic mass is 9.91. The van der Waals surface area contributed by atoms with Gasteiger partial charge < -0.3 is 0 Å². The fourth-order valence-electron chi connectivity index (χ4n) is 2.55. The van der Waals surface area contributed by atoms with E-state index in [1.807, 2.05) is 23.9 Å². The largest absolute Gasteiger partial charge is 0.192 e. The van der Waals surface area contributed by atoms with Crippen molar-refractivity contribution in [2.24, 2.45) is 5.92 Å². The van der Waals surface area contributed by atoms with Crippen molar-refractivity contribution in [2.75, 3.05) is 0 Å². The first-order chi connectivity index (χ1) is 8.20. The molecule has 0 spiro atoms. The van der Waals surface area contributed by atoms with Gasteiger partial charge in [0.2, 0.25) is 0 Å². The van der Waals surface area contributed by atoms with Gasteiger partial charge in [-0.25, -0.2) is 0 Å². The molecule has 0 radical (unpaired) electrons. The maximum absolute atomic E-state index is 9.16. The normalized spacial score (nSPS) is 24.3. The summed E-state index contributed by atoms with van der Waals surface area (Å²) in [6.07, 6.45) is 5.31. The van der Waals surface area contributed by atoms with Crippen LogP contribution in [0.3, 0.4) is 0 Å². The summed E-state index contributed by atoms with van der Waals surface area (Å²) in [6, 6.07) is 8.33. The Morgan fingerprint density at radius 1 is 1.35 bits per heavy atom. The molecule has 1 fully saturated rings. The zero-order valence-corrected chi connectivity index (χ0v) is 11.4. The molecule has 0 aromatic heterocycles. The summed E-state index contributed by atoms with van der Waals surface area (Å²) in [4.78, 5) is 1.20. The number of nitrogens with zero attached hydrogens (tertiary/aromatic N) is 1. The van der Waals surface area contributed by atoms with Crippen molar-refractivity contribution in [1.29, 1.82) is 5.26 Å². The summed E-state index contributed by atoms with van der Waals surface area (Å²) in [5, 5.41) is 9.86. The van der Waals surface area contributed by atoms with Gasteiger partial charge in [0.05, 0.1) is 5.56 Å². The first kappa shape index (κ1) is 12.5. The van der Waals surface area contributed by atoms with Crippen LogP contribution in [0.25, 0.3) is 0 Å². The van der Waals surface area contributed by atoms with E-state index in [-0.39, 0.29) is 0 Å². The monoisotopic (exact) mass is 245 g/mol. The van der Waals surface area contributed by atoms with E-state index in [1.54, 1.807) is 0 Å². The molecule has 17 heavy (non-hydrogen) atoms. The topological polar surface area (TPSA) is 23.8 Å². The minimum absolute atomic E-state index is 0.701. The first-order valence-electron chi connectivity index (χ1n) is 6.37. The van der Waals surface area contributed by atoms with E-state index in [2.05, 4.69) is 26.0 Å². The quantitative estimate of drug-likeness (QED) is 0.764. The highest BCUT2D eigenvalue weighted by atomic mass is 32.2. The molecule has 2 heteroatoms. The van der Waals surface area contributed by atoms with Crippen molar-refractivity contribution >= 4 is 11.8 Å². The van der Waals surface area contributed by atoms with Crippen LogP contribution < -0.4 is 0 Å². The molecule has 1 aliphatic rings. The Hall–Kier alpha value is -0.940. The zero-order valence-electron chi connectivity index (χ0n) is 10.6. The lowest BCUT2D eigenvalue weighted by Gasteiger charge is -2.26. The number of rotatable bonds is 2. The molecule has 0 aliphatic heterocycles. The molecule has 1 aromatic carbocycles. The number of thioether (sulfide) groups is 1. The third-order valence-corrected chi connectivity index (χ3v) is 5.04. The van der Waals surface area contributed by atoms with Crippen LogP contribution in [0.1, 0.15) is 43.7 Å². The van der Waals surface area contributed by atoms with Crippen LogP contribution in [0.5, 0.6) is 0 Å². The van der Waals surface area contributed by atoms with Crippen LogP contribution in [-0.4, -0.2) is 5.25 Å². The summed E-state index contributed by atoms with van der Waals surface area (Å²) in [5.41, 5.74) is 2.08. The molecule has 0 saturated heterocycles. The standard InChI is InChI=1S/C15H19NS/c1-11-5-3-8-14(9-11)17-15-12(2)6-4-7-13(15)10-16/h4,6-7,11,14H,3,5,8-9H2,1-2H3. The molecule has 2 atom stereocenters. The first-order valence-corrected chi connectivity index (χ1v) is 7.25. The van der Waals surface area contributed by atoms with Crippen LogP contribution in [0.4, 0.5) is 0 Å². The zero-order chi connectivity index (χ0) is 12.3. The van der Waals surface area contributed by atoms with Gasteiger partial charge in [-0.1, -0.05) is 31.9 Å². The van der Waals surface area contributed by atoms with Gasteiger partial charge in [0.25, 0.3) is 0 Å². The van der Waals surface area contributed by atoms with Crippen molar-refractivity contribution in [1.82, 2.24) is 0 Å². The third-order valence-electron chi connectivity index (χ3n) is 3.51. The van der Waals surface area contributed by atoms with E-state index in [0.29, 0.717) is 5.25 Å². The Labute approximate surface area is 108 Å². The summed E-state index contributed by atoms with van der Waals surface area (Å²) in [6.45, 7) is 4.45. The fraction of sp³-hybridized carbons (Fsp3) is 0.533. The molecule has 1 nitrogen and oxygen atoms in total. The molecular formula is C15H19NS. The SMILES string of the molecule is Cc1cccc(C#N)c1SC1CCCC(C)C1. The molecule has 2 unspecified atom stereocenters. The van der Waals surface area contributed by atoms with Crippen LogP contribution in [0.15, 0.2) is 23.1 Å². The molecule has 1 saturated carbocycles. The van der Waals surface area contributed by atoms with Gasteiger partial charge in [0, 0.05) is 10.1 Å². The predicted octanol–water partition coefficient (Wildman–Crippen LogP) is 4.54. The highest BCUT2D eigenvalue weighted by Gasteiger charge is 2.21. The molecule has 0 bridgehead atoms. The summed E-state index contributed by atoms with van der Waals surface area (Å²) in [5.74, 6) is 0.843. The van der Waals surface area contributed by atoms with Crippen molar-refractivity contribution in [3.63, 3.8) is 0 Å². The molecule has 0 N–H and O–H groups in total. The van der Waals surface area contributed by atoms with Crippen LogP contribution in [0, 0.1) is 24.2 Å². The minimum atomic E-state index is 0.701. The summed E-state index contributed by atoms with van der Waals surface area (Å²) < 4.78 is 0. The molecule has 0 amide bonds. The molecule has 1 aromatic rings. The lowest BCUT2D eigenvalue weighted by molar-refractivity contribution is 0.394. The maximum Gasteiger partial charge on any atom is 0.100 e. The van der Waals surface area contributed by atoms with Gasteiger partial charge in [-0.05, 0) is 37.3 Å². The Morgan fingerprint density at radius 3 is 2.88 bits per heavy atom. The average molecular weight is 245 g/mol. The molecule has 1 aliphatic carbocycles. The Morgan fingerprint density at radius 2 is 2.18 bits per heavy atom. The highest BCUT2D eigenvalue weighted by molar-refractivity contribution is 8.00. The Bertz CT molecular complexity index is 433. The smallest absolute Gasteiger partial charge is 0.100 e. The van der Waals surface area contributed by atoms with E-state index in [1.165, 1.54) is 36.1 Å². The Balaban J connectivity index is 2.15. The van der Waals surface area contributed by atoms with E-state index in [0.717, 1.165) is 11.5 Å². The van der Waals surface area contributed by atoms with E-state index >= 15 is 0 Å². The van der Waals surface area contributed by atoms with E-state index in [9.17, 15) is 0 Å². The van der Waals surface area contributed by atoms with Gasteiger partial charge in [-0.15, -0.1) is 11.8 Å². The molecular weight excluding hydrogens is 226 g/mol. The van der Waals surface area contributed by atoms with Crippen LogP contribution >= 0.6 is 11.8 Å². The van der Waals surface area contributed by atoms with Crippen LogP contribution in [-0.2, 0) is 0 Å². The Kier molecular flexibility index (Phi) is 4.12. The number of aryl methyl sites for hydroxylation is 1. The van der Waals surface area contributed by atoms with Gasteiger partial charge in [0.1, 0.15) is 6.07 Å². The molecule has 90 valence electrons. The van der Waals surface area contributed by atoms with E-state index in [4.69, 9.17) is 5.26 Å². The summed E-state index contributed by atoms with van der Waals surface area (Å²) >= 11 is 1.92. The van der Waals surface area contributed by atoms with Gasteiger partial charge in [-0.2, -0.15) is 5.26 Å². The lowest BCUT2D eigenvalue weighted by Crippen LogP contribution is -2.15. The average Bonchev–Trinajstić information content (AvgIpc) is 2.32. The second-order valence-corrected chi connectivity index (χ2v) is 6.39. The van der Waals surface area contributed by atoms with Gasteiger partial charge in [0.15, 0.2) is 0 Å². The fourth-order valence-corrected chi connectivity index (χ4v) is 4.09. The van der Waals surface area contributed by atoms with Gasteiger partial charge in [-0.3, -0.25) is 0 Å². The number of nitriles is 1. The van der Waals surface area contributed by atoms with Crippen molar-refractivity contribution in [3.05, 3.63) is 29.3 Å². The van der Waals surface area contributed by atoms with Gasteiger partial charge >= 0.3 is 0 Å².